The van der Waals surface area contributed by atoms with Crippen LogP contribution in [0.2, 0.25) is 5.02 Å². The highest BCUT2D eigenvalue weighted by Gasteiger charge is 2.38. The largest absolute Gasteiger partial charge is 0.504 e. The van der Waals surface area contributed by atoms with Crippen LogP contribution in [-0.4, -0.2) is 37.8 Å². The molecule has 0 aromatic heterocycles. The van der Waals surface area contributed by atoms with E-state index in [1.807, 2.05) is 0 Å². The summed E-state index contributed by atoms with van der Waals surface area (Å²) in [5, 5.41) is 10.9. The Hall–Kier alpha value is -3.45. The van der Waals surface area contributed by atoms with Crippen LogP contribution in [0.3, 0.4) is 0 Å². The summed E-state index contributed by atoms with van der Waals surface area (Å²) in [6, 6.07) is 9.80. The SMILES string of the molecule is CCOc1cccc(/C=C2\C(=O)N(c3ccc(OC)c(Cl)c3)C(C)=C2C(=O)OC)c1O. The first-order chi connectivity index (χ1) is 14.8. The van der Waals surface area contributed by atoms with Crippen molar-refractivity contribution in [2.24, 2.45) is 0 Å². The Morgan fingerprint density at radius 2 is 1.94 bits per heavy atom. The van der Waals surface area contributed by atoms with E-state index in [1.165, 1.54) is 25.2 Å². The van der Waals surface area contributed by atoms with Crippen LogP contribution < -0.4 is 14.4 Å². The van der Waals surface area contributed by atoms with Crippen molar-refractivity contribution in [3.63, 3.8) is 0 Å². The van der Waals surface area contributed by atoms with Crippen molar-refractivity contribution in [1.82, 2.24) is 0 Å². The van der Waals surface area contributed by atoms with Gasteiger partial charge >= 0.3 is 5.97 Å². The fourth-order valence-corrected chi connectivity index (χ4v) is 3.62. The number of anilines is 1. The number of ether oxygens (including phenoxy) is 3. The summed E-state index contributed by atoms with van der Waals surface area (Å²) in [5.74, 6) is -0.515. The predicted octanol–water partition coefficient (Wildman–Crippen LogP) is 4.33. The molecular weight excluding hydrogens is 422 g/mol. The van der Waals surface area contributed by atoms with Gasteiger partial charge in [0.25, 0.3) is 5.91 Å². The summed E-state index contributed by atoms with van der Waals surface area (Å²) >= 11 is 6.23. The lowest BCUT2D eigenvalue weighted by atomic mass is 10.0. The van der Waals surface area contributed by atoms with E-state index >= 15 is 0 Å². The third-order valence-electron chi connectivity index (χ3n) is 4.81. The van der Waals surface area contributed by atoms with Crippen LogP contribution in [0.15, 0.2) is 53.2 Å². The Balaban J connectivity index is 2.15. The lowest BCUT2D eigenvalue weighted by Gasteiger charge is -2.19. The van der Waals surface area contributed by atoms with Crippen LogP contribution in [0.1, 0.15) is 19.4 Å². The van der Waals surface area contributed by atoms with E-state index in [0.717, 1.165) is 0 Å². The van der Waals surface area contributed by atoms with Gasteiger partial charge in [-0.1, -0.05) is 23.7 Å². The number of carbonyl (C=O) groups is 2. The first kappa shape index (κ1) is 22.2. The van der Waals surface area contributed by atoms with Crippen molar-refractivity contribution >= 4 is 35.2 Å². The predicted molar refractivity (Wildman–Crippen MR) is 117 cm³/mol. The maximum atomic E-state index is 13.4. The van der Waals surface area contributed by atoms with Crippen LogP contribution in [0, 0.1) is 0 Å². The van der Waals surface area contributed by atoms with Crippen LogP contribution in [0.5, 0.6) is 17.2 Å². The van der Waals surface area contributed by atoms with Crippen molar-refractivity contribution < 1.29 is 28.9 Å². The highest BCUT2D eigenvalue weighted by molar-refractivity contribution is 6.32. The topological polar surface area (TPSA) is 85.3 Å². The standard InChI is InChI=1S/C23H22ClNO6/c1-5-31-19-8-6-7-14(21(19)26)11-16-20(23(28)30-4)13(2)25(22(16)27)15-9-10-18(29-3)17(24)12-15/h6-12,26H,5H2,1-4H3/b16-11-. The summed E-state index contributed by atoms with van der Waals surface area (Å²) in [4.78, 5) is 27.3. The summed E-state index contributed by atoms with van der Waals surface area (Å²) in [5.41, 5.74) is 1.36. The molecule has 1 N–H and O–H groups in total. The summed E-state index contributed by atoms with van der Waals surface area (Å²) in [6.45, 7) is 3.80. The van der Waals surface area contributed by atoms with Gasteiger partial charge in [-0.15, -0.1) is 0 Å². The Labute approximate surface area is 185 Å². The van der Waals surface area contributed by atoms with Crippen molar-refractivity contribution in [2.45, 2.75) is 13.8 Å². The molecule has 3 rings (SSSR count). The first-order valence-corrected chi connectivity index (χ1v) is 9.85. The molecule has 1 aliphatic rings. The van der Waals surface area contributed by atoms with Crippen molar-refractivity contribution in [1.29, 1.82) is 0 Å². The minimum absolute atomic E-state index is 0.0836. The van der Waals surface area contributed by atoms with Crippen LogP contribution in [0.25, 0.3) is 6.08 Å². The number of halogens is 1. The summed E-state index contributed by atoms with van der Waals surface area (Å²) in [7, 11) is 2.73. The van der Waals surface area contributed by atoms with E-state index in [9.17, 15) is 14.7 Å². The van der Waals surface area contributed by atoms with Gasteiger partial charge in [-0.05, 0) is 44.2 Å². The zero-order valence-electron chi connectivity index (χ0n) is 17.6. The van der Waals surface area contributed by atoms with Gasteiger partial charge in [-0.25, -0.2) is 4.79 Å². The van der Waals surface area contributed by atoms with Gasteiger partial charge in [-0.3, -0.25) is 9.69 Å². The van der Waals surface area contributed by atoms with E-state index in [4.69, 9.17) is 25.8 Å². The van der Waals surface area contributed by atoms with Crippen molar-refractivity contribution in [3.8, 4) is 17.2 Å². The molecule has 1 amide bonds. The van der Waals surface area contributed by atoms with Gasteiger partial charge in [0.05, 0.1) is 42.7 Å². The smallest absolute Gasteiger partial charge is 0.340 e. The molecule has 0 fully saturated rings. The maximum absolute atomic E-state index is 13.4. The molecule has 0 radical (unpaired) electrons. The van der Waals surface area contributed by atoms with Crippen LogP contribution in [-0.2, 0) is 14.3 Å². The number of hydrogen-bond donors (Lipinski definition) is 1. The molecule has 0 aliphatic carbocycles. The second-order valence-electron chi connectivity index (χ2n) is 6.60. The number of methoxy groups -OCH3 is 2. The lowest BCUT2D eigenvalue weighted by molar-refractivity contribution is -0.136. The fourth-order valence-electron chi connectivity index (χ4n) is 3.37. The number of allylic oxidation sites excluding steroid dienone is 1. The number of esters is 1. The van der Waals surface area contributed by atoms with Crippen molar-refractivity contribution in [3.05, 3.63) is 63.8 Å². The molecule has 1 aliphatic heterocycles. The van der Waals surface area contributed by atoms with E-state index in [1.54, 1.807) is 50.2 Å². The fraction of sp³-hybridized carbons (Fsp3) is 0.217. The van der Waals surface area contributed by atoms with Gasteiger partial charge in [0.1, 0.15) is 5.75 Å². The summed E-state index contributed by atoms with van der Waals surface area (Å²) < 4.78 is 15.5. The van der Waals surface area contributed by atoms with Gasteiger partial charge in [0, 0.05) is 11.3 Å². The highest BCUT2D eigenvalue weighted by atomic mass is 35.5. The lowest BCUT2D eigenvalue weighted by Crippen LogP contribution is -2.24. The minimum Gasteiger partial charge on any atom is -0.504 e. The molecule has 162 valence electrons. The second-order valence-corrected chi connectivity index (χ2v) is 7.00. The molecule has 0 unspecified atom stereocenters. The number of para-hydroxylation sites is 1. The molecule has 0 bridgehead atoms. The monoisotopic (exact) mass is 443 g/mol. The van der Waals surface area contributed by atoms with E-state index in [-0.39, 0.29) is 22.6 Å². The quantitative estimate of drug-likeness (QED) is 0.528. The number of aromatic hydroxyl groups is 1. The molecule has 0 saturated carbocycles. The molecule has 0 saturated heterocycles. The normalized spacial score (nSPS) is 14.9. The summed E-state index contributed by atoms with van der Waals surface area (Å²) in [6.07, 6.45) is 1.45. The third-order valence-corrected chi connectivity index (χ3v) is 5.11. The van der Waals surface area contributed by atoms with Gasteiger partial charge in [0.15, 0.2) is 11.5 Å². The Kier molecular flexibility index (Phi) is 6.56. The third kappa shape index (κ3) is 4.09. The first-order valence-electron chi connectivity index (χ1n) is 9.48. The molecule has 1 heterocycles. The number of phenolic OH excluding ortho intramolecular Hbond substituents is 1. The molecular formula is C23H22ClNO6. The van der Waals surface area contributed by atoms with Gasteiger partial charge in [0.2, 0.25) is 0 Å². The van der Waals surface area contributed by atoms with Crippen molar-refractivity contribution in [2.75, 3.05) is 25.7 Å². The molecule has 2 aromatic carbocycles. The molecule has 0 atom stereocenters. The average Bonchev–Trinajstić information content (AvgIpc) is 3.00. The molecule has 2 aromatic rings. The zero-order chi connectivity index (χ0) is 22.7. The van der Waals surface area contributed by atoms with E-state index in [0.29, 0.717) is 34.3 Å². The van der Waals surface area contributed by atoms with Gasteiger partial charge in [-0.2, -0.15) is 0 Å². The molecule has 31 heavy (non-hydrogen) atoms. The average molecular weight is 444 g/mol. The van der Waals surface area contributed by atoms with Gasteiger partial charge < -0.3 is 19.3 Å². The molecule has 7 nitrogen and oxygen atoms in total. The number of hydrogen-bond acceptors (Lipinski definition) is 6. The maximum Gasteiger partial charge on any atom is 0.340 e. The number of amides is 1. The van der Waals surface area contributed by atoms with E-state index < -0.39 is 11.9 Å². The minimum atomic E-state index is -0.667. The number of rotatable bonds is 6. The second kappa shape index (κ2) is 9.14. The molecule has 8 heteroatoms. The number of nitrogens with zero attached hydrogens (tertiary/aromatic N) is 1. The Morgan fingerprint density at radius 1 is 1.19 bits per heavy atom. The van der Waals surface area contributed by atoms with E-state index in [2.05, 4.69) is 0 Å². The number of carbonyl (C=O) groups excluding carboxylic acids is 2. The van der Waals surface area contributed by atoms with Crippen LogP contribution >= 0.6 is 11.6 Å². The number of benzene rings is 2. The highest BCUT2D eigenvalue weighted by Crippen LogP contribution is 2.39. The Bertz CT molecular complexity index is 1110. The molecule has 0 spiro atoms. The Morgan fingerprint density at radius 3 is 2.55 bits per heavy atom. The zero-order valence-corrected chi connectivity index (χ0v) is 18.3. The number of phenols is 1. The van der Waals surface area contributed by atoms with Crippen LogP contribution in [0.4, 0.5) is 5.69 Å².